The zero-order valence-electron chi connectivity index (χ0n) is 11.8. The second kappa shape index (κ2) is 6.92. The van der Waals surface area contributed by atoms with E-state index in [0.29, 0.717) is 13.1 Å². The van der Waals surface area contributed by atoms with E-state index in [1.807, 2.05) is 0 Å². The van der Waals surface area contributed by atoms with Crippen LogP contribution in [0.4, 0.5) is 4.79 Å². The molecule has 1 saturated heterocycles. The van der Waals surface area contributed by atoms with E-state index in [9.17, 15) is 14.7 Å². The Morgan fingerprint density at radius 2 is 1.90 bits per heavy atom. The van der Waals surface area contributed by atoms with Gasteiger partial charge in [-0.2, -0.15) is 0 Å². The van der Waals surface area contributed by atoms with Crippen LogP contribution in [0.1, 0.15) is 38.5 Å². The molecule has 1 aliphatic heterocycles. The number of urea groups is 1. The van der Waals surface area contributed by atoms with Crippen molar-refractivity contribution in [1.29, 1.82) is 0 Å². The predicted molar refractivity (Wildman–Crippen MR) is 73.3 cm³/mol. The van der Waals surface area contributed by atoms with Crippen molar-refractivity contribution in [2.24, 2.45) is 11.8 Å². The highest BCUT2D eigenvalue weighted by Crippen LogP contribution is 2.27. The van der Waals surface area contributed by atoms with Crippen molar-refractivity contribution in [2.75, 3.05) is 19.7 Å². The largest absolute Gasteiger partial charge is 0.480 e. The minimum absolute atomic E-state index is 0.0430. The van der Waals surface area contributed by atoms with Crippen LogP contribution in [0, 0.1) is 11.8 Å². The van der Waals surface area contributed by atoms with Gasteiger partial charge in [0.15, 0.2) is 0 Å². The number of aliphatic hydroxyl groups is 1. The van der Waals surface area contributed by atoms with Crippen molar-refractivity contribution < 1.29 is 19.8 Å². The highest BCUT2D eigenvalue weighted by Gasteiger charge is 2.33. The lowest BCUT2D eigenvalue weighted by atomic mass is 9.84. The molecule has 20 heavy (non-hydrogen) atoms. The summed E-state index contributed by atoms with van der Waals surface area (Å²) in [7, 11) is 0. The van der Waals surface area contributed by atoms with Crippen LogP contribution in [-0.2, 0) is 4.79 Å². The minimum Gasteiger partial charge on any atom is -0.480 e. The van der Waals surface area contributed by atoms with E-state index in [1.54, 1.807) is 4.90 Å². The fraction of sp³-hybridized carbons (Fsp3) is 0.857. The van der Waals surface area contributed by atoms with E-state index in [2.05, 4.69) is 5.32 Å². The maximum absolute atomic E-state index is 12.1. The van der Waals surface area contributed by atoms with E-state index in [-0.39, 0.29) is 24.5 Å². The van der Waals surface area contributed by atoms with Crippen molar-refractivity contribution in [2.45, 2.75) is 44.6 Å². The van der Waals surface area contributed by atoms with E-state index < -0.39 is 12.0 Å². The van der Waals surface area contributed by atoms with Gasteiger partial charge in [0, 0.05) is 25.6 Å². The Morgan fingerprint density at radius 1 is 1.20 bits per heavy atom. The summed E-state index contributed by atoms with van der Waals surface area (Å²) in [4.78, 5) is 25.1. The fourth-order valence-corrected chi connectivity index (χ4v) is 3.24. The summed E-state index contributed by atoms with van der Waals surface area (Å²) in [6.07, 6.45) is 5.76. The number of hydrogen-bond acceptors (Lipinski definition) is 3. The molecule has 6 nitrogen and oxygen atoms in total. The van der Waals surface area contributed by atoms with Crippen molar-refractivity contribution in [1.82, 2.24) is 10.2 Å². The molecule has 1 saturated carbocycles. The van der Waals surface area contributed by atoms with Gasteiger partial charge in [-0.15, -0.1) is 0 Å². The molecule has 1 aliphatic carbocycles. The number of nitrogens with one attached hydrogen (secondary N) is 1. The first-order valence-corrected chi connectivity index (χ1v) is 7.51. The third-order valence-corrected chi connectivity index (χ3v) is 4.50. The Labute approximate surface area is 119 Å². The van der Waals surface area contributed by atoms with Gasteiger partial charge in [-0.1, -0.05) is 19.3 Å². The summed E-state index contributed by atoms with van der Waals surface area (Å²) < 4.78 is 0. The van der Waals surface area contributed by atoms with Crippen molar-refractivity contribution in [3.05, 3.63) is 0 Å². The second-order valence-corrected chi connectivity index (χ2v) is 5.95. The summed E-state index contributed by atoms with van der Waals surface area (Å²) >= 11 is 0. The first-order chi connectivity index (χ1) is 9.61. The van der Waals surface area contributed by atoms with E-state index in [1.165, 1.54) is 0 Å². The van der Waals surface area contributed by atoms with Gasteiger partial charge in [-0.25, -0.2) is 9.59 Å². The molecule has 2 atom stereocenters. The molecule has 2 amide bonds. The maximum atomic E-state index is 12.1. The molecule has 2 aliphatic rings. The highest BCUT2D eigenvalue weighted by atomic mass is 16.4. The lowest BCUT2D eigenvalue weighted by molar-refractivity contribution is -0.141. The molecule has 2 fully saturated rings. The van der Waals surface area contributed by atoms with Crippen molar-refractivity contribution in [3.63, 3.8) is 0 Å². The van der Waals surface area contributed by atoms with Gasteiger partial charge >= 0.3 is 12.0 Å². The van der Waals surface area contributed by atoms with E-state index >= 15 is 0 Å². The molecular weight excluding hydrogens is 260 g/mol. The summed E-state index contributed by atoms with van der Waals surface area (Å²) in [5.41, 5.74) is 0. The van der Waals surface area contributed by atoms with E-state index in [0.717, 1.165) is 38.5 Å². The summed E-state index contributed by atoms with van der Waals surface area (Å²) in [6.45, 7) is 1.18. The summed E-state index contributed by atoms with van der Waals surface area (Å²) in [5, 5.41) is 21.1. The molecule has 0 spiro atoms. The zero-order chi connectivity index (χ0) is 14.5. The molecule has 0 bridgehead atoms. The van der Waals surface area contributed by atoms with Crippen LogP contribution in [0.15, 0.2) is 0 Å². The number of rotatable bonds is 4. The zero-order valence-corrected chi connectivity index (χ0v) is 11.8. The first-order valence-electron chi connectivity index (χ1n) is 7.51. The third-order valence-electron chi connectivity index (χ3n) is 4.50. The van der Waals surface area contributed by atoms with Gasteiger partial charge in [0.25, 0.3) is 0 Å². The molecule has 1 heterocycles. The molecule has 2 rings (SSSR count). The number of carbonyl (C=O) groups is 2. The van der Waals surface area contributed by atoms with Crippen LogP contribution in [0.25, 0.3) is 0 Å². The molecule has 6 heteroatoms. The smallest absolute Gasteiger partial charge is 0.326 e. The van der Waals surface area contributed by atoms with Crippen LogP contribution in [-0.4, -0.2) is 52.9 Å². The van der Waals surface area contributed by atoms with Gasteiger partial charge < -0.3 is 20.4 Å². The number of aliphatic carboxylic acids is 1. The predicted octanol–water partition coefficient (Wildman–Crippen LogP) is 1.04. The normalized spacial score (nSPS) is 25.4. The molecule has 114 valence electrons. The lowest BCUT2D eigenvalue weighted by Gasteiger charge is -2.29. The van der Waals surface area contributed by atoms with Gasteiger partial charge in [-0.3, -0.25) is 0 Å². The molecule has 0 aromatic carbocycles. The van der Waals surface area contributed by atoms with Crippen LogP contribution in [0.2, 0.25) is 0 Å². The third kappa shape index (κ3) is 3.62. The van der Waals surface area contributed by atoms with Crippen molar-refractivity contribution >= 4 is 12.0 Å². The Bertz CT molecular complexity index is 355. The molecule has 0 radical (unpaired) electrons. The standard InChI is InChI=1S/C14H24N2O4/c17-9-10-6-7-16(8-10)14(20)15-12(13(18)19)11-4-2-1-3-5-11/h10-12,17H,1-9H2,(H,15,20)(H,18,19). The van der Waals surface area contributed by atoms with Crippen LogP contribution in [0.3, 0.4) is 0 Å². The minimum atomic E-state index is -0.942. The van der Waals surface area contributed by atoms with Gasteiger partial charge in [0.2, 0.25) is 0 Å². The number of likely N-dealkylation sites (tertiary alicyclic amines) is 1. The number of aliphatic hydroxyl groups excluding tert-OH is 1. The quantitative estimate of drug-likeness (QED) is 0.719. The Morgan fingerprint density at radius 3 is 2.45 bits per heavy atom. The average molecular weight is 284 g/mol. The molecule has 0 aromatic heterocycles. The molecule has 3 N–H and O–H groups in total. The maximum Gasteiger partial charge on any atom is 0.326 e. The number of amides is 2. The van der Waals surface area contributed by atoms with Crippen molar-refractivity contribution in [3.8, 4) is 0 Å². The fourth-order valence-electron chi connectivity index (χ4n) is 3.24. The summed E-state index contributed by atoms with van der Waals surface area (Å²) in [5.74, 6) is -0.775. The Hall–Kier alpha value is -1.30. The molecular formula is C14H24N2O4. The number of carbonyl (C=O) groups excluding carboxylic acids is 1. The molecule has 0 aromatic rings. The van der Waals surface area contributed by atoms with Gasteiger partial charge in [0.1, 0.15) is 6.04 Å². The van der Waals surface area contributed by atoms with Gasteiger partial charge in [-0.05, 0) is 25.2 Å². The highest BCUT2D eigenvalue weighted by molar-refractivity contribution is 5.83. The second-order valence-electron chi connectivity index (χ2n) is 5.95. The first kappa shape index (κ1) is 15.1. The van der Waals surface area contributed by atoms with Crippen LogP contribution >= 0.6 is 0 Å². The Kier molecular flexibility index (Phi) is 5.23. The average Bonchev–Trinajstić information content (AvgIpc) is 2.94. The van der Waals surface area contributed by atoms with E-state index in [4.69, 9.17) is 5.11 Å². The Balaban J connectivity index is 1.90. The number of nitrogens with zero attached hydrogens (tertiary/aromatic N) is 1. The van der Waals surface area contributed by atoms with Crippen LogP contribution < -0.4 is 5.32 Å². The number of carboxylic acid groups (broad SMARTS) is 1. The SMILES string of the molecule is O=C(O)C(NC(=O)N1CCC(CO)C1)C1CCCCC1. The number of carboxylic acids is 1. The molecule has 2 unspecified atom stereocenters. The lowest BCUT2D eigenvalue weighted by Crippen LogP contribution is -2.51. The number of hydrogen-bond donors (Lipinski definition) is 3. The topological polar surface area (TPSA) is 89.9 Å². The summed E-state index contributed by atoms with van der Waals surface area (Å²) in [6, 6.07) is -1.09. The monoisotopic (exact) mass is 284 g/mol. The van der Waals surface area contributed by atoms with Gasteiger partial charge in [0.05, 0.1) is 0 Å². The van der Waals surface area contributed by atoms with Crippen LogP contribution in [0.5, 0.6) is 0 Å².